The molecule has 1 atom stereocenters. The van der Waals surface area contributed by atoms with Crippen LogP contribution in [-0.2, 0) is 19.0 Å². The van der Waals surface area contributed by atoms with Gasteiger partial charge < -0.3 is 4.90 Å². The first kappa shape index (κ1) is 22.8. The summed E-state index contributed by atoms with van der Waals surface area (Å²) in [5.41, 5.74) is 4.24. The van der Waals surface area contributed by atoms with Crippen LogP contribution in [0.5, 0.6) is 0 Å². The number of likely N-dealkylation sites (tertiary alicyclic amines) is 1. The van der Waals surface area contributed by atoms with Crippen LogP contribution in [-0.4, -0.2) is 48.3 Å². The number of nitrogens with zero attached hydrogens (tertiary/aromatic N) is 6. The highest BCUT2D eigenvalue weighted by Gasteiger charge is 2.35. The Morgan fingerprint density at radius 2 is 1.89 bits per heavy atom. The van der Waals surface area contributed by atoms with Crippen molar-refractivity contribution in [1.82, 2.24) is 29.3 Å². The topological polar surface area (TPSA) is 68.3 Å². The fraction of sp³-hybridized carbons (Fsp3) is 0.385. The number of aryl methyl sites for hydroxylation is 1. The first-order valence-corrected chi connectivity index (χ1v) is 12.2. The molecule has 1 aliphatic heterocycles. The highest BCUT2D eigenvalue weighted by Crippen LogP contribution is 2.33. The van der Waals surface area contributed by atoms with Crippen molar-refractivity contribution in [2.45, 2.75) is 51.1 Å². The third kappa shape index (κ3) is 3.75. The zero-order valence-corrected chi connectivity index (χ0v) is 19.8. The Hall–Kier alpha value is -3.69. The number of pyridine rings is 1. The fourth-order valence-electron chi connectivity index (χ4n) is 5.49. The molecule has 186 valence electrons. The van der Waals surface area contributed by atoms with E-state index in [1.807, 2.05) is 35.9 Å². The van der Waals surface area contributed by atoms with Gasteiger partial charge in [-0.1, -0.05) is 18.2 Å². The van der Waals surface area contributed by atoms with E-state index in [9.17, 15) is 18.0 Å². The minimum absolute atomic E-state index is 0.130. The van der Waals surface area contributed by atoms with E-state index in [1.165, 1.54) is 10.5 Å². The number of hydrogen-bond donors (Lipinski definition) is 0. The van der Waals surface area contributed by atoms with Gasteiger partial charge in [0, 0.05) is 36.5 Å². The second kappa shape index (κ2) is 8.46. The summed E-state index contributed by atoms with van der Waals surface area (Å²) >= 11 is 0. The minimum Gasteiger partial charge on any atom is -0.337 e. The van der Waals surface area contributed by atoms with Crippen LogP contribution in [0.4, 0.5) is 13.2 Å². The van der Waals surface area contributed by atoms with Gasteiger partial charge in [0.05, 0.1) is 11.3 Å². The van der Waals surface area contributed by atoms with Crippen LogP contribution in [0.25, 0.3) is 11.3 Å². The van der Waals surface area contributed by atoms with Gasteiger partial charge in [-0.2, -0.15) is 18.3 Å². The summed E-state index contributed by atoms with van der Waals surface area (Å²) in [7, 11) is 0. The molecule has 2 aliphatic rings. The molecule has 36 heavy (non-hydrogen) atoms. The first-order chi connectivity index (χ1) is 17.3. The standard InChI is InChI=1S/C26H25F3N6O/c1-16-6-2-3-9-20(16)35-21-10-4-8-19(21)23(32-35)25(36)33-13-5-7-17(14-33)24-31-30-22-12-11-18(15-34(22)24)26(27,28)29/h2-3,6,9,11-12,15,17H,4-5,7-8,10,13-14H2,1H3. The van der Waals surface area contributed by atoms with Crippen molar-refractivity contribution in [2.24, 2.45) is 0 Å². The molecule has 6 rings (SSSR count). The second-order valence-electron chi connectivity index (χ2n) is 9.62. The van der Waals surface area contributed by atoms with Crippen LogP contribution in [0.15, 0.2) is 42.6 Å². The highest BCUT2D eigenvalue weighted by molar-refractivity contribution is 5.94. The van der Waals surface area contributed by atoms with Gasteiger partial charge in [-0.25, -0.2) is 4.68 Å². The van der Waals surface area contributed by atoms with E-state index < -0.39 is 11.7 Å². The fourth-order valence-corrected chi connectivity index (χ4v) is 5.49. The molecule has 3 aromatic heterocycles. The summed E-state index contributed by atoms with van der Waals surface area (Å²) in [4.78, 5) is 15.5. The lowest BCUT2D eigenvalue weighted by Gasteiger charge is -2.31. The van der Waals surface area contributed by atoms with Crippen molar-refractivity contribution < 1.29 is 18.0 Å². The van der Waals surface area contributed by atoms with Crippen LogP contribution in [0.3, 0.4) is 0 Å². The molecule has 0 N–H and O–H groups in total. The second-order valence-corrected chi connectivity index (χ2v) is 9.62. The SMILES string of the molecule is Cc1ccccc1-n1nc(C(=O)N2CCCC(c3nnc4ccc(C(F)(F)F)cn34)C2)c2c1CCC2. The molecule has 1 fully saturated rings. The van der Waals surface area contributed by atoms with Crippen molar-refractivity contribution in [3.05, 3.63) is 76.5 Å². The molecule has 1 saturated heterocycles. The smallest absolute Gasteiger partial charge is 0.337 e. The van der Waals surface area contributed by atoms with Crippen LogP contribution < -0.4 is 0 Å². The molecule has 1 unspecified atom stereocenters. The normalized spacial score (nSPS) is 18.1. The van der Waals surface area contributed by atoms with E-state index in [0.717, 1.165) is 66.9 Å². The molecule has 1 aliphatic carbocycles. The van der Waals surface area contributed by atoms with Crippen LogP contribution in [0, 0.1) is 6.92 Å². The van der Waals surface area contributed by atoms with Gasteiger partial charge in [0.25, 0.3) is 5.91 Å². The first-order valence-electron chi connectivity index (χ1n) is 12.2. The zero-order valence-electron chi connectivity index (χ0n) is 19.8. The number of aromatic nitrogens is 5. The predicted molar refractivity (Wildman–Crippen MR) is 126 cm³/mol. The molecule has 4 heterocycles. The van der Waals surface area contributed by atoms with Gasteiger partial charge >= 0.3 is 6.18 Å². The third-order valence-corrected chi connectivity index (χ3v) is 7.31. The van der Waals surface area contributed by atoms with E-state index in [1.54, 1.807) is 4.90 Å². The van der Waals surface area contributed by atoms with Gasteiger partial charge in [-0.05, 0) is 62.8 Å². The quantitative estimate of drug-likeness (QED) is 0.412. The molecule has 0 bridgehead atoms. The molecule has 0 radical (unpaired) electrons. The summed E-state index contributed by atoms with van der Waals surface area (Å²) in [6.07, 6.45) is 0.702. The van der Waals surface area contributed by atoms with Crippen LogP contribution >= 0.6 is 0 Å². The number of para-hydroxylation sites is 1. The van der Waals surface area contributed by atoms with Gasteiger partial charge in [0.2, 0.25) is 0 Å². The number of alkyl halides is 3. The number of carbonyl (C=O) groups excluding carboxylic acids is 1. The molecule has 10 heteroatoms. The average molecular weight is 495 g/mol. The van der Waals surface area contributed by atoms with Crippen LogP contribution in [0.2, 0.25) is 0 Å². The highest BCUT2D eigenvalue weighted by atomic mass is 19.4. The number of halogens is 3. The van der Waals surface area contributed by atoms with E-state index in [0.29, 0.717) is 30.3 Å². The maximum Gasteiger partial charge on any atom is 0.417 e. The lowest BCUT2D eigenvalue weighted by molar-refractivity contribution is -0.137. The molecule has 0 saturated carbocycles. The van der Waals surface area contributed by atoms with Crippen LogP contribution in [0.1, 0.15) is 63.9 Å². The third-order valence-electron chi connectivity index (χ3n) is 7.31. The Morgan fingerprint density at radius 3 is 2.69 bits per heavy atom. The van der Waals surface area contributed by atoms with E-state index in [4.69, 9.17) is 5.10 Å². The summed E-state index contributed by atoms with van der Waals surface area (Å²) in [5, 5.41) is 13.1. The van der Waals surface area contributed by atoms with E-state index in [-0.39, 0.29) is 11.8 Å². The maximum atomic E-state index is 13.7. The average Bonchev–Trinajstić information content (AvgIpc) is 3.59. The van der Waals surface area contributed by atoms with Gasteiger partial charge in [0.15, 0.2) is 11.3 Å². The van der Waals surface area contributed by atoms with Gasteiger partial charge in [-0.3, -0.25) is 9.20 Å². The Balaban J connectivity index is 1.31. The summed E-state index contributed by atoms with van der Waals surface area (Å²) < 4.78 is 43.2. The van der Waals surface area contributed by atoms with Crippen molar-refractivity contribution in [3.63, 3.8) is 0 Å². The number of fused-ring (bicyclic) bond motifs is 2. The Morgan fingerprint density at radius 1 is 1.06 bits per heavy atom. The van der Waals surface area contributed by atoms with E-state index in [2.05, 4.69) is 10.2 Å². The number of benzene rings is 1. The number of amides is 1. The number of rotatable bonds is 3. The van der Waals surface area contributed by atoms with Crippen molar-refractivity contribution >= 4 is 11.6 Å². The van der Waals surface area contributed by atoms with Gasteiger partial charge in [-0.15, -0.1) is 10.2 Å². The molecule has 1 amide bonds. The zero-order chi connectivity index (χ0) is 25.0. The summed E-state index contributed by atoms with van der Waals surface area (Å²) in [6.45, 7) is 2.97. The molecular formula is C26H25F3N6O. The maximum absolute atomic E-state index is 13.7. The number of piperidine rings is 1. The Bertz CT molecular complexity index is 1470. The summed E-state index contributed by atoms with van der Waals surface area (Å²) in [5.74, 6) is 0.104. The number of carbonyl (C=O) groups is 1. The van der Waals surface area contributed by atoms with Crippen molar-refractivity contribution in [2.75, 3.05) is 13.1 Å². The lowest BCUT2D eigenvalue weighted by Crippen LogP contribution is -2.40. The van der Waals surface area contributed by atoms with Crippen molar-refractivity contribution in [1.29, 1.82) is 0 Å². The molecular weight excluding hydrogens is 469 g/mol. The van der Waals surface area contributed by atoms with Gasteiger partial charge in [0.1, 0.15) is 5.82 Å². The largest absolute Gasteiger partial charge is 0.417 e. The predicted octanol–water partition coefficient (Wildman–Crippen LogP) is 4.75. The lowest BCUT2D eigenvalue weighted by atomic mass is 9.96. The Labute approximate surface area is 205 Å². The molecule has 0 spiro atoms. The van der Waals surface area contributed by atoms with E-state index >= 15 is 0 Å². The minimum atomic E-state index is -4.46. The van der Waals surface area contributed by atoms with Crippen molar-refractivity contribution in [3.8, 4) is 5.69 Å². The Kier molecular flexibility index (Phi) is 5.35. The molecule has 1 aromatic carbocycles. The number of hydrogen-bond acceptors (Lipinski definition) is 4. The molecule has 7 nitrogen and oxygen atoms in total. The monoisotopic (exact) mass is 494 g/mol. The summed E-state index contributed by atoms with van der Waals surface area (Å²) in [6, 6.07) is 10.3. The molecule has 4 aromatic rings.